The predicted octanol–water partition coefficient (Wildman–Crippen LogP) is 1.38. The van der Waals surface area contributed by atoms with E-state index in [1.54, 1.807) is 13.0 Å². The zero-order valence-electron chi connectivity index (χ0n) is 13.9. The van der Waals surface area contributed by atoms with Gasteiger partial charge in [0.2, 0.25) is 10.0 Å². The molecule has 0 unspecified atom stereocenters. The third-order valence-electron chi connectivity index (χ3n) is 3.45. The number of hydrazine groups is 1. The molecule has 0 aliphatic heterocycles. The molecule has 0 atom stereocenters. The molecule has 2 amide bonds. The first-order chi connectivity index (χ1) is 12.1. The third-order valence-corrected chi connectivity index (χ3v) is 4.74. The highest BCUT2D eigenvalue weighted by atomic mass is 35.5. The fourth-order valence-electron chi connectivity index (χ4n) is 2.16. The first-order valence-corrected chi connectivity index (χ1v) is 9.13. The molecule has 0 saturated carbocycles. The number of ether oxygens (including phenoxy) is 1. The molecule has 2 aromatic carbocycles. The Hall–Kier alpha value is -2.62. The molecule has 2 aromatic rings. The Labute approximate surface area is 155 Å². The SMILES string of the molecule is COc1ccc(Cl)cc1C(=O)NNC(=O)c1ccc(C)c(S(N)(=O)=O)c1. The molecule has 2 rings (SSSR count). The number of primary sulfonamides is 1. The quantitative estimate of drug-likeness (QED) is 0.671. The van der Waals surface area contributed by atoms with Crippen molar-refractivity contribution in [3.05, 3.63) is 58.1 Å². The second kappa shape index (κ2) is 7.73. The van der Waals surface area contributed by atoms with Crippen molar-refractivity contribution in [3.8, 4) is 5.75 Å². The molecule has 0 aromatic heterocycles. The molecule has 0 radical (unpaired) electrons. The summed E-state index contributed by atoms with van der Waals surface area (Å²) in [5, 5.41) is 5.43. The van der Waals surface area contributed by atoms with E-state index in [1.807, 2.05) is 0 Å². The van der Waals surface area contributed by atoms with Crippen LogP contribution in [0.2, 0.25) is 5.02 Å². The molecule has 0 aliphatic carbocycles. The van der Waals surface area contributed by atoms with Gasteiger partial charge in [0.15, 0.2) is 0 Å². The highest BCUT2D eigenvalue weighted by Crippen LogP contribution is 2.22. The van der Waals surface area contributed by atoms with E-state index >= 15 is 0 Å². The summed E-state index contributed by atoms with van der Waals surface area (Å²) >= 11 is 5.86. The molecule has 0 saturated heterocycles. The van der Waals surface area contributed by atoms with Gasteiger partial charge in [0.25, 0.3) is 11.8 Å². The largest absolute Gasteiger partial charge is 0.496 e. The van der Waals surface area contributed by atoms with E-state index in [9.17, 15) is 18.0 Å². The summed E-state index contributed by atoms with van der Waals surface area (Å²) in [5.74, 6) is -1.10. The highest BCUT2D eigenvalue weighted by molar-refractivity contribution is 7.89. The van der Waals surface area contributed by atoms with E-state index in [4.69, 9.17) is 21.5 Å². The Morgan fingerprint density at radius 3 is 2.35 bits per heavy atom. The second-order valence-corrected chi connectivity index (χ2v) is 7.24. The van der Waals surface area contributed by atoms with Gasteiger partial charge in [-0.1, -0.05) is 17.7 Å². The van der Waals surface area contributed by atoms with Crippen molar-refractivity contribution in [1.29, 1.82) is 0 Å². The number of methoxy groups -OCH3 is 1. The summed E-state index contributed by atoms with van der Waals surface area (Å²) in [4.78, 5) is 24.2. The van der Waals surface area contributed by atoms with Crippen molar-refractivity contribution in [2.45, 2.75) is 11.8 Å². The number of nitrogens with one attached hydrogen (secondary N) is 2. The van der Waals surface area contributed by atoms with Crippen molar-refractivity contribution >= 4 is 33.4 Å². The van der Waals surface area contributed by atoms with Crippen molar-refractivity contribution in [3.63, 3.8) is 0 Å². The monoisotopic (exact) mass is 397 g/mol. The Morgan fingerprint density at radius 1 is 1.08 bits per heavy atom. The van der Waals surface area contributed by atoms with Crippen LogP contribution < -0.4 is 20.7 Å². The maximum Gasteiger partial charge on any atom is 0.273 e. The minimum atomic E-state index is -3.98. The lowest BCUT2D eigenvalue weighted by atomic mass is 10.1. The molecule has 0 heterocycles. The minimum absolute atomic E-state index is 0.0120. The van der Waals surface area contributed by atoms with Gasteiger partial charge in [-0.05, 0) is 42.8 Å². The highest BCUT2D eigenvalue weighted by Gasteiger charge is 2.17. The fourth-order valence-corrected chi connectivity index (χ4v) is 3.14. The summed E-state index contributed by atoms with van der Waals surface area (Å²) in [5.41, 5.74) is 4.94. The second-order valence-electron chi connectivity index (χ2n) is 5.28. The average Bonchev–Trinajstić information content (AvgIpc) is 2.58. The van der Waals surface area contributed by atoms with Crippen molar-refractivity contribution in [1.82, 2.24) is 10.9 Å². The zero-order valence-corrected chi connectivity index (χ0v) is 15.4. The van der Waals surface area contributed by atoms with Gasteiger partial charge in [0.1, 0.15) is 5.75 Å². The molecule has 0 bridgehead atoms. The first-order valence-electron chi connectivity index (χ1n) is 7.21. The van der Waals surface area contributed by atoms with E-state index in [0.717, 1.165) is 6.07 Å². The average molecular weight is 398 g/mol. The minimum Gasteiger partial charge on any atom is -0.496 e. The predicted molar refractivity (Wildman–Crippen MR) is 95.5 cm³/mol. The molecular formula is C16H16ClN3O5S. The first kappa shape index (κ1) is 19.7. The van der Waals surface area contributed by atoms with E-state index in [1.165, 1.54) is 31.4 Å². The summed E-state index contributed by atoms with van der Waals surface area (Å²) in [6, 6.07) is 8.43. The molecule has 0 spiro atoms. The van der Waals surface area contributed by atoms with Crippen LogP contribution in [0.25, 0.3) is 0 Å². The molecule has 8 nitrogen and oxygen atoms in total. The van der Waals surface area contributed by atoms with Crippen LogP contribution in [-0.4, -0.2) is 27.3 Å². The van der Waals surface area contributed by atoms with E-state index in [-0.39, 0.29) is 21.8 Å². The Bertz CT molecular complexity index is 976. The lowest BCUT2D eigenvalue weighted by Crippen LogP contribution is -2.41. The molecule has 0 aliphatic rings. The van der Waals surface area contributed by atoms with Gasteiger partial charge in [-0.3, -0.25) is 20.4 Å². The smallest absolute Gasteiger partial charge is 0.273 e. The lowest BCUT2D eigenvalue weighted by Gasteiger charge is -2.11. The lowest BCUT2D eigenvalue weighted by molar-refractivity contribution is 0.0845. The number of carbonyl (C=O) groups excluding carboxylic acids is 2. The number of halogens is 1. The van der Waals surface area contributed by atoms with Crippen molar-refractivity contribution in [2.24, 2.45) is 5.14 Å². The maximum atomic E-state index is 12.2. The van der Waals surface area contributed by atoms with Gasteiger partial charge in [-0.15, -0.1) is 0 Å². The number of aryl methyl sites for hydroxylation is 1. The van der Waals surface area contributed by atoms with Crippen molar-refractivity contribution < 1.29 is 22.7 Å². The Balaban J connectivity index is 2.17. The number of carbonyl (C=O) groups is 2. The fraction of sp³-hybridized carbons (Fsp3) is 0.125. The number of nitrogens with two attached hydrogens (primary N) is 1. The number of amides is 2. The summed E-state index contributed by atoms with van der Waals surface area (Å²) in [6.45, 7) is 1.55. The van der Waals surface area contributed by atoms with Crippen LogP contribution in [0.3, 0.4) is 0 Å². The third kappa shape index (κ3) is 4.51. The van der Waals surface area contributed by atoms with Gasteiger partial charge in [-0.2, -0.15) is 0 Å². The number of sulfonamides is 1. The molecular weight excluding hydrogens is 382 g/mol. The molecule has 4 N–H and O–H groups in total. The van der Waals surface area contributed by atoms with Gasteiger partial charge in [0, 0.05) is 10.6 Å². The van der Waals surface area contributed by atoms with E-state index < -0.39 is 21.8 Å². The van der Waals surface area contributed by atoms with Crippen LogP contribution in [0.5, 0.6) is 5.75 Å². The zero-order chi connectivity index (χ0) is 19.5. The van der Waals surface area contributed by atoms with Crippen LogP contribution in [0, 0.1) is 6.92 Å². The molecule has 26 heavy (non-hydrogen) atoms. The Kier molecular flexibility index (Phi) is 5.86. The summed E-state index contributed by atoms with van der Waals surface area (Å²) in [7, 11) is -2.59. The van der Waals surface area contributed by atoms with Crippen LogP contribution in [0.1, 0.15) is 26.3 Å². The number of hydrogen-bond donors (Lipinski definition) is 3. The van der Waals surface area contributed by atoms with Gasteiger partial charge >= 0.3 is 0 Å². The molecule has 10 heteroatoms. The van der Waals surface area contributed by atoms with E-state index in [0.29, 0.717) is 10.6 Å². The van der Waals surface area contributed by atoms with Gasteiger partial charge in [-0.25, -0.2) is 13.6 Å². The number of benzene rings is 2. The number of hydrogen-bond acceptors (Lipinski definition) is 5. The van der Waals surface area contributed by atoms with Crippen LogP contribution >= 0.6 is 11.6 Å². The van der Waals surface area contributed by atoms with Crippen LogP contribution in [0.15, 0.2) is 41.3 Å². The Morgan fingerprint density at radius 2 is 1.73 bits per heavy atom. The van der Waals surface area contributed by atoms with Gasteiger partial charge < -0.3 is 4.74 Å². The molecule has 138 valence electrons. The van der Waals surface area contributed by atoms with Crippen molar-refractivity contribution in [2.75, 3.05) is 7.11 Å². The topological polar surface area (TPSA) is 128 Å². The van der Waals surface area contributed by atoms with E-state index in [2.05, 4.69) is 10.9 Å². The maximum absolute atomic E-state index is 12.2. The summed E-state index contributed by atoms with van der Waals surface area (Å²) in [6.07, 6.45) is 0. The number of rotatable bonds is 4. The normalized spacial score (nSPS) is 10.9. The van der Waals surface area contributed by atoms with Crippen LogP contribution in [-0.2, 0) is 10.0 Å². The standard InChI is InChI=1S/C16H16ClN3O5S/c1-9-3-4-10(7-14(9)26(18,23)24)15(21)19-20-16(22)12-8-11(17)5-6-13(12)25-2/h3-8H,1-2H3,(H,19,21)(H,20,22)(H2,18,23,24). The molecule has 0 fully saturated rings. The van der Waals surface area contributed by atoms with Gasteiger partial charge in [0.05, 0.1) is 17.6 Å². The van der Waals surface area contributed by atoms with Crippen LogP contribution in [0.4, 0.5) is 0 Å². The summed E-state index contributed by atoms with van der Waals surface area (Å²) < 4.78 is 28.1.